The molecule has 0 saturated heterocycles. The van der Waals surface area contributed by atoms with E-state index in [0.29, 0.717) is 23.5 Å². The third kappa shape index (κ3) is 3.52. The average Bonchev–Trinajstić information content (AvgIpc) is 2.93. The zero-order valence-electron chi connectivity index (χ0n) is 14.1. The predicted molar refractivity (Wildman–Crippen MR) is 95.2 cm³/mol. The lowest BCUT2D eigenvalue weighted by Gasteiger charge is -2.23. The van der Waals surface area contributed by atoms with Gasteiger partial charge in [-0.05, 0) is 42.8 Å². The Bertz CT molecular complexity index is 830. The number of hydrogen-bond donors (Lipinski definition) is 2. The topological polar surface area (TPSA) is 78.5 Å². The smallest absolute Gasteiger partial charge is 0.255 e. The summed E-state index contributed by atoms with van der Waals surface area (Å²) in [6, 6.07) is 13.6. The fourth-order valence-electron chi connectivity index (χ4n) is 2.82. The molecular weight excluding hydrogens is 318 g/mol. The Labute approximate surface area is 145 Å². The summed E-state index contributed by atoms with van der Waals surface area (Å²) in [6.07, 6.45) is 0. The van der Waals surface area contributed by atoms with Gasteiger partial charge >= 0.3 is 0 Å². The van der Waals surface area contributed by atoms with E-state index >= 15 is 0 Å². The van der Waals surface area contributed by atoms with Crippen LogP contribution in [-0.2, 0) is 16.1 Å². The number of hydrogen-bond acceptors (Lipinski definition) is 3. The van der Waals surface area contributed by atoms with Crippen LogP contribution in [0, 0.1) is 0 Å². The monoisotopic (exact) mass is 337 g/mol. The van der Waals surface area contributed by atoms with E-state index in [4.69, 9.17) is 0 Å². The molecule has 0 bridgehead atoms. The minimum atomic E-state index is -0.588. The number of rotatable bonds is 4. The second-order valence-electron chi connectivity index (χ2n) is 6.01. The number of benzene rings is 2. The molecule has 1 aliphatic rings. The van der Waals surface area contributed by atoms with Crippen LogP contribution in [0.5, 0.6) is 0 Å². The van der Waals surface area contributed by atoms with Gasteiger partial charge in [-0.2, -0.15) is 0 Å². The van der Waals surface area contributed by atoms with Crippen molar-refractivity contribution in [1.82, 2.24) is 4.90 Å². The third-order valence-corrected chi connectivity index (χ3v) is 4.17. The lowest BCUT2D eigenvalue weighted by molar-refractivity contribution is -0.120. The van der Waals surface area contributed by atoms with Gasteiger partial charge in [-0.1, -0.05) is 18.2 Å². The molecule has 6 heteroatoms. The van der Waals surface area contributed by atoms with E-state index in [0.717, 1.165) is 5.56 Å². The molecule has 0 saturated carbocycles. The SMILES string of the molecule is CC(=O)Nc1ccc(NC(=O)C(C)N2Cc3ccccc3C2=O)cc1. The molecule has 0 radical (unpaired) electrons. The van der Waals surface area contributed by atoms with Gasteiger partial charge in [0.2, 0.25) is 11.8 Å². The summed E-state index contributed by atoms with van der Waals surface area (Å²) in [4.78, 5) is 37.5. The average molecular weight is 337 g/mol. The maximum Gasteiger partial charge on any atom is 0.255 e. The summed E-state index contributed by atoms with van der Waals surface area (Å²) >= 11 is 0. The van der Waals surface area contributed by atoms with Gasteiger partial charge in [0.15, 0.2) is 0 Å². The lowest BCUT2D eigenvalue weighted by atomic mass is 10.1. The molecule has 1 unspecified atom stereocenters. The molecule has 1 atom stereocenters. The largest absolute Gasteiger partial charge is 0.326 e. The summed E-state index contributed by atoms with van der Waals surface area (Å²) in [5, 5.41) is 5.47. The van der Waals surface area contributed by atoms with Gasteiger partial charge in [-0.25, -0.2) is 0 Å². The fraction of sp³-hybridized carbons (Fsp3) is 0.211. The van der Waals surface area contributed by atoms with Crippen molar-refractivity contribution in [2.24, 2.45) is 0 Å². The van der Waals surface area contributed by atoms with Crippen molar-refractivity contribution in [2.75, 3.05) is 10.6 Å². The van der Waals surface area contributed by atoms with Crippen LogP contribution >= 0.6 is 0 Å². The molecule has 3 amide bonds. The van der Waals surface area contributed by atoms with Crippen molar-refractivity contribution in [3.63, 3.8) is 0 Å². The molecule has 0 fully saturated rings. The first-order valence-electron chi connectivity index (χ1n) is 8.03. The number of nitrogens with one attached hydrogen (secondary N) is 2. The van der Waals surface area contributed by atoms with Crippen LogP contribution in [0.25, 0.3) is 0 Å². The maximum atomic E-state index is 12.5. The first-order chi connectivity index (χ1) is 12.0. The summed E-state index contributed by atoms with van der Waals surface area (Å²) in [5.74, 6) is -0.537. The maximum absolute atomic E-state index is 12.5. The fourth-order valence-corrected chi connectivity index (χ4v) is 2.82. The van der Waals surface area contributed by atoms with Crippen molar-refractivity contribution in [1.29, 1.82) is 0 Å². The molecule has 2 N–H and O–H groups in total. The van der Waals surface area contributed by atoms with Crippen molar-refractivity contribution in [3.05, 3.63) is 59.7 Å². The second-order valence-corrected chi connectivity index (χ2v) is 6.01. The van der Waals surface area contributed by atoms with Crippen LogP contribution < -0.4 is 10.6 Å². The van der Waals surface area contributed by atoms with Gasteiger partial charge in [-0.15, -0.1) is 0 Å². The predicted octanol–water partition coefficient (Wildman–Crippen LogP) is 2.63. The lowest BCUT2D eigenvalue weighted by Crippen LogP contribution is -2.42. The zero-order valence-corrected chi connectivity index (χ0v) is 14.1. The Balaban J connectivity index is 1.66. The Hall–Kier alpha value is -3.15. The Morgan fingerprint density at radius 1 is 1.00 bits per heavy atom. The van der Waals surface area contributed by atoms with Crippen LogP contribution in [0.15, 0.2) is 48.5 Å². The van der Waals surface area contributed by atoms with Crippen molar-refractivity contribution < 1.29 is 14.4 Å². The molecule has 2 aromatic carbocycles. The van der Waals surface area contributed by atoms with Crippen LogP contribution in [-0.4, -0.2) is 28.7 Å². The number of fused-ring (bicyclic) bond motifs is 1. The van der Waals surface area contributed by atoms with Crippen molar-refractivity contribution in [2.45, 2.75) is 26.4 Å². The summed E-state index contributed by atoms with van der Waals surface area (Å²) in [6.45, 7) is 3.58. The number of anilines is 2. The number of nitrogens with zero attached hydrogens (tertiary/aromatic N) is 1. The van der Waals surface area contributed by atoms with Crippen LogP contribution in [0.3, 0.4) is 0 Å². The van der Waals surface area contributed by atoms with Crippen LogP contribution in [0.1, 0.15) is 29.8 Å². The summed E-state index contributed by atoms with van der Waals surface area (Å²) in [5.41, 5.74) is 2.85. The van der Waals surface area contributed by atoms with E-state index in [1.165, 1.54) is 6.92 Å². The van der Waals surface area contributed by atoms with E-state index < -0.39 is 6.04 Å². The Kier molecular flexibility index (Phi) is 4.52. The molecule has 3 rings (SSSR count). The van der Waals surface area contributed by atoms with E-state index in [-0.39, 0.29) is 17.7 Å². The van der Waals surface area contributed by atoms with E-state index in [1.54, 1.807) is 42.2 Å². The normalized spacial score (nSPS) is 14.0. The molecule has 0 aromatic heterocycles. The summed E-state index contributed by atoms with van der Waals surface area (Å²) in [7, 11) is 0. The van der Waals surface area contributed by atoms with Crippen LogP contribution in [0.4, 0.5) is 11.4 Å². The first-order valence-corrected chi connectivity index (χ1v) is 8.03. The van der Waals surface area contributed by atoms with Crippen molar-refractivity contribution >= 4 is 29.1 Å². The van der Waals surface area contributed by atoms with Gasteiger partial charge in [0.05, 0.1) is 0 Å². The number of amides is 3. The molecule has 2 aromatic rings. The third-order valence-electron chi connectivity index (χ3n) is 4.17. The van der Waals surface area contributed by atoms with Gasteiger partial charge in [0, 0.05) is 30.4 Å². The second kappa shape index (κ2) is 6.76. The highest BCUT2D eigenvalue weighted by Gasteiger charge is 2.33. The molecule has 25 heavy (non-hydrogen) atoms. The van der Waals surface area contributed by atoms with E-state index in [9.17, 15) is 14.4 Å². The molecular formula is C19H19N3O3. The molecule has 1 heterocycles. The minimum Gasteiger partial charge on any atom is -0.326 e. The summed E-state index contributed by atoms with van der Waals surface area (Å²) < 4.78 is 0. The molecule has 0 aliphatic carbocycles. The van der Waals surface area contributed by atoms with Gasteiger partial charge in [0.1, 0.15) is 6.04 Å². The Morgan fingerprint density at radius 3 is 2.20 bits per heavy atom. The first kappa shape index (κ1) is 16.7. The minimum absolute atomic E-state index is 0.126. The number of carbonyl (C=O) groups excluding carboxylic acids is 3. The van der Waals surface area contributed by atoms with Gasteiger partial charge < -0.3 is 15.5 Å². The highest BCUT2D eigenvalue weighted by atomic mass is 16.2. The van der Waals surface area contributed by atoms with E-state index in [1.807, 2.05) is 18.2 Å². The van der Waals surface area contributed by atoms with E-state index in [2.05, 4.69) is 10.6 Å². The van der Waals surface area contributed by atoms with Crippen molar-refractivity contribution in [3.8, 4) is 0 Å². The Morgan fingerprint density at radius 2 is 1.60 bits per heavy atom. The van der Waals surface area contributed by atoms with Gasteiger partial charge in [-0.3, -0.25) is 14.4 Å². The number of carbonyl (C=O) groups is 3. The standard InChI is InChI=1S/C19H19N3O3/c1-12(22-11-14-5-3-4-6-17(14)19(22)25)18(24)21-16-9-7-15(8-10-16)20-13(2)23/h3-10,12H,11H2,1-2H3,(H,20,23)(H,21,24). The highest BCUT2D eigenvalue weighted by molar-refractivity contribution is 6.03. The molecule has 128 valence electrons. The van der Waals surface area contributed by atoms with Crippen LogP contribution in [0.2, 0.25) is 0 Å². The molecule has 0 spiro atoms. The highest BCUT2D eigenvalue weighted by Crippen LogP contribution is 2.25. The quantitative estimate of drug-likeness (QED) is 0.900. The van der Waals surface area contributed by atoms with Gasteiger partial charge in [0.25, 0.3) is 5.91 Å². The molecule has 6 nitrogen and oxygen atoms in total. The molecule has 1 aliphatic heterocycles. The zero-order chi connectivity index (χ0) is 18.0.